The van der Waals surface area contributed by atoms with Gasteiger partial charge in [0, 0.05) is 32.0 Å². The summed E-state index contributed by atoms with van der Waals surface area (Å²) in [5.74, 6) is 0.145. The molecule has 0 aromatic rings. The average molecular weight is 253 g/mol. The molecule has 0 unspecified atom stereocenters. The molecular formula is C13H23N3O2. The number of piperidine rings is 1. The second kappa shape index (κ2) is 6.73. The van der Waals surface area contributed by atoms with Crippen molar-refractivity contribution < 1.29 is 10.0 Å². The van der Waals surface area contributed by atoms with Gasteiger partial charge in [-0.1, -0.05) is 24.4 Å². The summed E-state index contributed by atoms with van der Waals surface area (Å²) in [5.41, 5.74) is 0.846. The molecule has 102 valence electrons. The summed E-state index contributed by atoms with van der Waals surface area (Å²) in [4.78, 5) is 14.0. The topological polar surface area (TPSA) is 64.9 Å². The van der Waals surface area contributed by atoms with Crippen LogP contribution in [0.5, 0.6) is 0 Å². The quantitative estimate of drug-likeness (QED) is 0.589. The summed E-state index contributed by atoms with van der Waals surface area (Å²) in [5, 5.41) is 15.0. The monoisotopic (exact) mass is 253 g/mol. The lowest BCUT2D eigenvalue weighted by Gasteiger charge is -2.28. The van der Waals surface area contributed by atoms with Crippen LogP contribution in [0.3, 0.4) is 0 Å². The Morgan fingerprint density at radius 2 is 1.94 bits per heavy atom. The van der Waals surface area contributed by atoms with Crippen molar-refractivity contribution in [2.24, 2.45) is 5.16 Å². The Morgan fingerprint density at radius 3 is 2.56 bits per heavy atom. The lowest BCUT2D eigenvalue weighted by molar-refractivity contribution is -0.123. The van der Waals surface area contributed by atoms with Crippen LogP contribution in [0.4, 0.5) is 0 Å². The zero-order chi connectivity index (χ0) is 12.8. The lowest BCUT2D eigenvalue weighted by Crippen LogP contribution is -2.45. The third-order valence-electron chi connectivity index (χ3n) is 3.91. The van der Waals surface area contributed by atoms with Gasteiger partial charge in [0.25, 0.3) is 0 Å². The Balaban J connectivity index is 1.68. The Hall–Kier alpha value is -1.10. The van der Waals surface area contributed by atoms with Crippen LogP contribution < -0.4 is 5.32 Å². The molecule has 1 saturated heterocycles. The molecule has 0 bridgehead atoms. The van der Waals surface area contributed by atoms with E-state index in [0.29, 0.717) is 12.6 Å². The second-order valence-electron chi connectivity index (χ2n) is 5.34. The van der Waals surface area contributed by atoms with Gasteiger partial charge in [-0.3, -0.25) is 9.69 Å². The number of nitrogens with one attached hydrogen (secondary N) is 1. The molecule has 0 spiro atoms. The SMILES string of the molecule is O=C(CN1CCC(=NO)CC1)NC1CCCCC1. The van der Waals surface area contributed by atoms with Gasteiger partial charge in [-0.05, 0) is 12.8 Å². The van der Waals surface area contributed by atoms with Gasteiger partial charge in [0.2, 0.25) is 5.91 Å². The van der Waals surface area contributed by atoms with Crippen LogP contribution in [-0.4, -0.2) is 47.4 Å². The van der Waals surface area contributed by atoms with Gasteiger partial charge in [-0.15, -0.1) is 0 Å². The minimum Gasteiger partial charge on any atom is -0.411 e. The smallest absolute Gasteiger partial charge is 0.234 e. The highest BCUT2D eigenvalue weighted by Crippen LogP contribution is 2.17. The van der Waals surface area contributed by atoms with E-state index < -0.39 is 0 Å². The summed E-state index contributed by atoms with van der Waals surface area (Å²) >= 11 is 0. The number of amides is 1. The molecule has 2 aliphatic rings. The van der Waals surface area contributed by atoms with Crippen molar-refractivity contribution in [1.82, 2.24) is 10.2 Å². The molecule has 2 fully saturated rings. The molecule has 0 atom stereocenters. The average Bonchev–Trinajstić information content (AvgIpc) is 2.40. The summed E-state index contributed by atoms with van der Waals surface area (Å²) in [6, 6.07) is 0.394. The number of carbonyl (C=O) groups excluding carboxylic acids is 1. The van der Waals surface area contributed by atoms with Gasteiger partial charge < -0.3 is 10.5 Å². The molecule has 0 radical (unpaired) electrons. The van der Waals surface area contributed by atoms with Gasteiger partial charge >= 0.3 is 0 Å². The third-order valence-corrected chi connectivity index (χ3v) is 3.91. The Kier molecular flexibility index (Phi) is 4.99. The highest BCUT2D eigenvalue weighted by Gasteiger charge is 2.20. The van der Waals surface area contributed by atoms with Crippen molar-refractivity contribution in [1.29, 1.82) is 0 Å². The lowest BCUT2D eigenvalue weighted by atomic mass is 9.95. The summed E-state index contributed by atoms with van der Waals surface area (Å²) in [6.07, 6.45) is 7.60. The van der Waals surface area contributed by atoms with E-state index >= 15 is 0 Å². The fraction of sp³-hybridized carbons (Fsp3) is 0.846. The largest absolute Gasteiger partial charge is 0.411 e. The minimum absolute atomic E-state index is 0.145. The first-order valence-electron chi connectivity index (χ1n) is 6.99. The van der Waals surface area contributed by atoms with Crippen molar-refractivity contribution in [3.8, 4) is 0 Å². The van der Waals surface area contributed by atoms with Gasteiger partial charge in [-0.25, -0.2) is 0 Å². The zero-order valence-electron chi connectivity index (χ0n) is 10.9. The van der Waals surface area contributed by atoms with Gasteiger partial charge in [0.15, 0.2) is 0 Å². The molecule has 5 nitrogen and oxygen atoms in total. The highest BCUT2D eigenvalue weighted by molar-refractivity contribution is 5.85. The molecular weight excluding hydrogens is 230 g/mol. The number of likely N-dealkylation sites (tertiary alicyclic amines) is 1. The van der Waals surface area contributed by atoms with E-state index in [2.05, 4.69) is 15.4 Å². The van der Waals surface area contributed by atoms with E-state index in [9.17, 15) is 4.79 Å². The van der Waals surface area contributed by atoms with Crippen LogP contribution >= 0.6 is 0 Å². The normalized spacial score (nSPS) is 22.8. The van der Waals surface area contributed by atoms with Gasteiger partial charge in [0.1, 0.15) is 0 Å². The number of hydrogen-bond donors (Lipinski definition) is 2. The second-order valence-corrected chi connectivity index (χ2v) is 5.34. The summed E-state index contributed by atoms with van der Waals surface area (Å²) in [6.45, 7) is 2.12. The van der Waals surface area contributed by atoms with Gasteiger partial charge in [0.05, 0.1) is 12.3 Å². The van der Waals surface area contributed by atoms with Crippen LogP contribution in [0.1, 0.15) is 44.9 Å². The van der Waals surface area contributed by atoms with Crippen LogP contribution in [0.25, 0.3) is 0 Å². The minimum atomic E-state index is 0.145. The Morgan fingerprint density at radius 1 is 1.28 bits per heavy atom. The first-order chi connectivity index (χ1) is 8.78. The first-order valence-corrected chi connectivity index (χ1v) is 6.99. The molecule has 0 aromatic carbocycles. The van der Waals surface area contributed by atoms with Crippen LogP contribution in [0.15, 0.2) is 5.16 Å². The van der Waals surface area contributed by atoms with E-state index in [0.717, 1.165) is 44.5 Å². The van der Waals surface area contributed by atoms with E-state index in [1.54, 1.807) is 0 Å². The molecule has 1 aliphatic carbocycles. The highest BCUT2D eigenvalue weighted by atomic mass is 16.4. The molecule has 18 heavy (non-hydrogen) atoms. The summed E-state index contributed by atoms with van der Waals surface area (Å²) < 4.78 is 0. The fourth-order valence-corrected chi connectivity index (χ4v) is 2.79. The standard InChI is InChI=1S/C13H23N3O2/c17-13(14-11-4-2-1-3-5-11)10-16-8-6-12(15-18)7-9-16/h11,18H,1-10H2,(H,14,17). The summed E-state index contributed by atoms with van der Waals surface area (Å²) in [7, 11) is 0. The number of rotatable bonds is 3. The fourth-order valence-electron chi connectivity index (χ4n) is 2.79. The van der Waals surface area contributed by atoms with Crippen LogP contribution in [0, 0.1) is 0 Å². The maximum Gasteiger partial charge on any atom is 0.234 e. The number of nitrogens with zero attached hydrogens (tertiary/aromatic N) is 2. The van der Waals surface area contributed by atoms with Crippen LogP contribution in [-0.2, 0) is 4.79 Å². The van der Waals surface area contributed by atoms with Gasteiger partial charge in [-0.2, -0.15) is 0 Å². The number of oxime groups is 1. The number of hydrogen-bond acceptors (Lipinski definition) is 4. The predicted octanol–water partition coefficient (Wildman–Crippen LogP) is 1.36. The van der Waals surface area contributed by atoms with Crippen molar-refractivity contribution in [3.05, 3.63) is 0 Å². The number of carbonyl (C=O) groups is 1. The Bertz CT molecular complexity index is 301. The molecule has 1 heterocycles. The van der Waals surface area contributed by atoms with E-state index in [4.69, 9.17) is 5.21 Å². The molecule has 2 N–H and O–H groups in total. The Labute approximate surface area is 108 Å². The van der Waals surface area contributed by atoms with E-state index in [-0.39, 0.29) is 5.91 Å². The molecule has 1 aliphatic heterocycles. The maximum atomic E-state index is 11.9. The van der Waals surface area contributed by atoms with Crippen molar-refractivity contribution in [3.63, 3.8) is 0 Å². The first kappa shape index (κ1) is 13.3. The molecule has 1 amide bonds. The predicted molar refractivity (Wildman–Crippen MR) is 69.9 cm³/mol. The molecule has 0 aromatic heterocycles. The molecule has 1 saturated carbocycles. The molecule has 5 heteroatoms. The van der Waals surface area contributed by atoms with Crippen LogP contribution in [0.2, 0.25) is 0 Å². The maximum absolute atomic E-state index is 11.9. The van der Waals surface area contributed by atoms with Crippen molar-refractivity contribution in [2.45, 2.75) is 51.0 Å². The third kappa shape index (κ3) is 3.98. The van der Waals surface area contributed by atoms with E-state index in [1.165, 1.54) is 19.3 Å². The van der Waals surface area contributed by atoms with E-state index in [1.807, 2.05) is 0 Å². The van der Waals surface area contributed by atoms with Crippen molar-refractivity contribution in [2.75, 3.05) is 19.6 Å². The van der Waals surface area contributed by atoms with Crippen molar-refractivity contribution >= 4 is 11.6 Å². The zero-order valence-corrected chi connectivity index (χ0v) is 10.9. The molecule has 2 rings (SSSR count).